The lowest BCUT2D eigenvalue weighted by Gasteiger charge is -2.32. The molecule has 130 valence electrons. The third kappa shape index (κ3) is 5.01. The average Bonchev–Trinajstić information content (AvgIpc) is 2.96. The van der Waals surface area contributed by atoms with E-state index in [0.717, 1.165) is 29.5 Å². The van der Waals surface area contributed by atoms with Gasteiger partial charge in [-0.2, -0.15) is 0 Å². The van der Waals surface area contributed by atoms with Gasteiger partial charge in [0.05, 0.1) is 4.34 Å². The van der Waals surface area contributed by atoms with E-state index in [1.165, 1.54) is 4.88 Å². The van der Waals surface area contributed by atoms with Crippen LogP contribution in [0.5, 0.6) is 0 Å². The summed E-state index contributed by atoms with van der Waals surface area (Å²) in [7, 11) is 0. The fraction of sp³-hybridized carbons (Fsp3) is 0.312. The van der Waals surface area contributed by atoms with E-state index < -0.39 is 0 Å². The Hall–Kier alpha value is -0.980. The third-order valence-corrected chi connectivity index (χ3v) is 5.48. The van der Waals surface area contributed by atoms with Crippen molar-refractivity contribution in [1.29, 1.82) is 0 Å². The number of hydrogen-bond acceptors (Lipinski definition) is 3. The number of urea groups is 1. The minimum absolute atomic E-state index is 0. The van der Waals surface area contributed by atoms with Crippen molar-refractivity contribution >= 4 is 58.7 Å². The van der Waals surface area contributed by atoms with Crippen LogP contribution in [0.4, 0.5) is 10.5 Å². The molecule has 0 unspecified atom stereocenters. The summed E-state index contributed by atoms with van der Waals surface area (Å²) in [5.74, 6) is 0.234. The topological polar surface area (TPSA) is 53.2 Å². The number of hydrogen-bond donors (Lipinski definition) is 3. The summed E-state index contributed by atoms with van der Waals surface area (Å²) in [5.41, 5.74) is 0.719. The van der Waals surface area contributed by atoms with Gasteiger partial charge >= 0.3 is 6.03 Å². The van der Waals surface area contributed by atoms with Gasteiger partial charge in [-0.15, -0.1) is 23.7 Å². The smallest absolute Gasteiger partial charge is 0.319 e. The number of halogens is 3. The zero-order chi connectivity index (χ0) is 16.2. The van der Waals surface area contributed by atoms with Crippen LogP contribution < -0.4 is 16.0 Å². The standard InChI is InChI=1S/C16H17Cl2N3OS.ClH/c17-10-1-3-11(4-2-10)20-16(22)21-13-7-8-19-9-12(13)14-5-6-15(18)23-14;/h1-6,12-13,19H,7-9H2,(H2,20,21,22);1H/t12-,13-;/m1./s1. The molecule has 1 aromatic carbocycles. The highest BCUT2D eigenvalue weighted by molar-refractivity contribution is 7.16. The number of carbonyl (C=O) groups excluding carboxylic acids is 1. The van der Waals surface area contributed by atoms with Crippen molar-refractivity contribution in [2.24, 2.45) is 0 Å². The van der Waals surface area contributed by atoms with Crippen molar-refractivity contribution in [3.8, 4) is 0 Å². The van der Waals surface area contributed by atoms with E-state index in [-0.39, 0.29) is 30.4 Å². The van der Waals surface area contributed by atoms with E-state index in [4.69, 9.17) is 23.2 Å². The molecule has 1 fully saturated rings. The molecule has 2 aromatic rings. The van der Waals surface area contributed by atoms with Crippen LogP contribution in [0.1, 0.15) is 17.2 Å². The molecule has 3 rings (SSSR count). The molecule has 3 N–H and O–H groups in total. The molecule has 4 nitrogen and oxygen atoms in total. The highest BCUT2D eigenvalue weighted by Crippen LogP contribution is 2.32. The maximum Gasteiger partial charge on any atom is 0.319 e. The molecule has 0 radical (unpaired) electrons. The third-order valence-electron chi connectivity index (χ3n) is 3.86. The lowest BCUT2D eigenvalue weighted by Crippen LogP contribution is -2.49. The largest absolute Gasteiger partial charge is 0.334 e. The fourth-order valence-corrected chi connectivity index (χ4v) is 4.08. The van der Waals surface area contributed by atoms with Gasteiger partial charge in [-0.25, -0.2) is 4.79 Å². The summed E-state index contributed by atoms with van der Waals surface area (Å²) < 4.78 is 0.773. The molecular weight excluding hydrogens is 389 g/mol. The van der Waals surface area contributed by atoms with Crippen molar-refractivity contribution in [2.45, 2.75) is 18.4 Å². The molecular formula is C16H18Cl3N3OS. The first-order valence-corrected chi connectivity index (χ1v) is 8.98. The lowest BCUT2D eigenvalue weighted by molar-refractivity contribution is 0.242. The first-order valence-electron chi connectivity index (χ1n) is 7.41. The molecule has 0 bridgehead atoms. The van der Waals surface area contributed by atoms with Crippen LogP contribution in [-0.4, -0.2) is 25.2 Å². The Morgan fingerprint density at radius 2 is 1.92 bits per heavy atom. The predicted molar refractivity (Wildman–Crippen MR) is 104 cm³/mol. The van der Waals surface area contributed by atoms with Crippen molar-refractivity contribution in [2.75, 3.05) is 18.4 Å². The maximum absolute atomic E-state index is 12.2. The molecule has 1 aliphatic heterocycles. The Morgan fingerprint density at radius 3 is 2.58 bits per heavy atom. The molecule has 0 spiro atoms. The monoisotopic (exact) mass is 405 g/mol. The Labute approximate surface area is 161 Å². The van der Waals surface area contributed by atoms with Gasteiger partial charge in [0.15, 0.2) is 0 Å². The van der Waals surface area contributed by atoms with Gasteiger partial charge in [0, 0.05) is 34.1 Å². The Morgan fingerprint density at radius 1 is 1.17 bits per heavy atom. The van der Waals surface area contributed by atoms with Crippen LogP contribution in [0.15, 0.2) is 36.4 Å². The first kappa shape index (κ1) is 19.3. The molecule has 8 heteroatoms. The summed E-state index contributed by atoms with van der Waals surface area (Å²) in [5, 5.41) is 9.94. The number of anilines is 1. The second kappa shape index (κ2) is 8.92. The number of thiophene rings is 1. The van der Waals surface area contributed by atoms with Gasteiger partial charge in [0.25, 0.3) is 0 Å². The summed E-state index contributed by atoms with van der Waals surface area (Å²) >= 11 is 13.5. The van der Waals surface area contributed by atoms with Gasteiger partial charge in [-0.1, -0.05) is 23.2 Å². The average molecular weight is 407 g/mol. The lowest BCUT2D eigenvalue weighted by atomic mass is 9.92. The zero-order valence-corrected chi connectivity index (χ0v) is 15.9. The van der Waals surface area contributed by atoms with E-state index >= 15 is 0 Å². The molecule has 1 aliphatic rings. The van der Waals surface area contributed by atoms with Gasteiger partial charge in [-0.3, -0.25) is 0 Å². The fourth-order valence-electron chi connectivity index (χ4n) is 2.73. The van der Waals surface area contributed by atoms with Gasteiger partial charge < -0.3 is 16.0 Å². The summed E-state index contributed by atoms with van der Waals surface area (Å²) in [4.78, 5) is 13.4. The first-order chi connectivity index (χ1) is 11.1. The van der Waals surface area contributed by atoms with Crippen molar-refractivity contribution in [3.05, 3.63) is 50.6 Å². The van der Waals surface area contributed by atoms with Crippen LogP contribution in [0.25, 0.3) is 0 Å². The molecule has 1 aromatic heterocycles. The quantitative estimate of drug-likeness (QED) is 0.689. The molecule has 1 saturated heterocycles. The Bertz CT molecular complexity index is 677. The number of nitrogens with one attached hydrogen (secondary N) is 3. The summed E-state index contributed by atoms with van der Waals surface area (Å²) in [6.07, 6.45) is 0.883. The van der Waals surface area contributed by atoms with E-state index in [0.29, 0.717) is 5.02 Å². The van der Waals surface area contributed by atoms with Gasteiger partial charge in [0.2, 0.25) is 0 Å². The van der Waals surface area contributed by atoms with Crippen molar-refractivity contribution < 1.29 is 4.79 Å². The molecule has 2 amide bonds. The SMILES string of the molecule is Cl.O=C(Nc1ccc(Cl)cc1)N[C@@H]1CCNC[C@H]1c1ccc(Cl)s1. The van der Waals surface area contributed by atoms with Crippen LogP contribution in [0, 0.1) is 0 Å². The zero-order valence-electron chi connectivity index (χ0n) is 12.7. The summed E-state index contributed by atoms with van der Waals surface area (Å²) in [6, 6.07) is 10.9. The number of amides is 2. The second-order valence-corrected chi connectivity index (χ2v) is 7.64. The van der Waals surface area contributed by atoms with Crippen molar-refractivity contribution in [3.63, 3.8) is 0 Å². The van der Waals surface area contributed by atoms with Crippen LogP contribution in [0.3, 0.4) is 0 Å². The normalized spacial score (nSPS) is 20.1. The van der Waals surface area contributed by atoms with Crippen LogP contribution in [0.2, 0.25) is 9.36 Å². The molecule has 2 heterocycles. The highest BCUT2D eigenvalue weighted by Gasteiger charge is 2.28. The second-order valence-electron chi connectivity index (χ2n) is 5.45. The van der Waals surface area contributed by atoms with E-state index in [1.807, 2.05) is 12.1 Å². The van der Waals surface area contributed by atoms with E-state index in [9.17, 15) is 4.79 Å². The number of carbonyl (C=O) groups is 1. The van der Waals surface area contributed by atoms with E-state index in [2.05, 4.69) is 16.0 Å². The van der Waals surface area contributed by atoms with Gasteiger partial charge in [0.1, 0.15) is 0 Å². The van der Waals surface area contributed by atoms with Crippen molar-refractivity contribution in [1.82, 2.24) is 10.6 Å². The highest BCUT2D eigenvalue weighted by atomic mass is 35.5. The minimum Gasteiger partial charge on any atom is -0.334 e. The van der Waals surface area contributed by atoms with Gasteiger partial charge in [-0.05, 0) is 49.4 Å². The van der Waals surface area contributed by atoms with Crippen LogP contribution in [-0.2, 0) is 0 Å². The summed E-state index contributed by atoms with van der Waals surface area (Å²) in [6.45, 7) is 1.73. The number of benzene rings is 1. The number of piperidine rings is 1. The Kier molecular flexibility index (Phi) is 7.19. The molecule has 24 heavy (non-hydrogen) atoms. The van der Waals surface area contributed by atoms with Crippen LogP contribution >= 0.6 is 46.9 Å². The number of rotatable bonds is 3. The predicted octanol–water partition coefficient (Wildman–Crippen LogP) is 4.74. The van der Waals surface area contributed by atoms with E-state index in [1.54, 1.807) is 35.6 Å². The Balaban J connectivity index is 0.00000208. The minimum atomic E-state index is -0.202. The molecule has 0 aliphatic carbocycles. The maximum atomic E-state index is 12.2. The molecule has 2 atom stereocenters. The molecule has 0 saturated carbocycles.